The maximum Gasteiger partial charge on any atom is 0.0444 e. The molecule has 1 aromatic heterocycles. The molecule has 0 atom stereocenters. The first-order valence-corrected chi connectivity index (χ1v) is 7.67. The molecule has 0 bridgehead atoms. The normalized spacial score (nSPS) is 10.2. The van der Waals surface area contributed by atoms with Gasteiger partial charge in [-0.3, -0.25) is 4.98 Å². The summed E-state index contributed by atoms with van der Waals surface area (Å²) in [5.74, 6) is 0. The molecule has 110 valence electrons. The maximum atomic E-state index is 5.67. The number of anilines is 4. The molecule has 0 unspecified atom stereocenters. The molecule has 0 aliphatic carbocycles. The van der Waals surface area contributed by atoms with Gasteiger partial charge in [0.2, 0.25) is 0 Å². The molecule has 0 spiro atoms. The Hall–Kier alpha value is -2.66. The van der Waals surface area contributed by atoms with E-state index in [0.29, 0.717) is 0 Å². The molecule has 1 heterocycles. The predicted octanol–water partition coefficient (Wildman–Crippen LogP) is 4.53. The molecule has 2 aromatic carbocycles. The zero-order valence-electron chi connectivity index (χ0n) is 11.9. The zero-order chi connectivity index (χ0) is 15.2. The van der Waals surface area contributed by atoms with Crippen molar-refractivity contribution in [2.75, 3.05) is 15.8 Å². The molecule has 4 nitrogen and oxygen atoms in total. The van der Waals surface area contributed by atoms with Gasteiger partial charge in [0.25, 0.3) is 0 Å². The number of nitrogens with one attached hydrogen (secondary N) is 2. The highest BCUT2D eigenvalue weighted by atomic mass is 32.2. The molecule has 0 aliphatic rings. The van der Waals surface area contributed by atoms with Crippen LogP contribution in [0.4, 0.5) is 22.7 Å². The molecular weight excluding hydrogens is 292 g/mol. The van der Waals surface area contributed by atoms with Crippen molar-refractivity contribution in [3.8, 4) is 0 Å². The summed E-state index contributed by atoms with van der Waals surface area (Å²) in [6, 6.07) is 19.8. The minimum Gasteiger partial charge on any atom is -0.399 e. The van der Waals surface area contributed by atoms with Gasteiger partial charge < -0.3 is 15.8 Å². The first-order valence-electron chi connectivity index (χ1n) is 6.85. The second-order valence-electron chi connectivity index (χ2n) is 4.71. The van der Waals surface area contributed by atoms with Gasteiger partial charge in [-0.15, -0.1) is 0 Å². The number of benzene rings is 2. The summed E-state index contributed by atoms with van der Waals surface area (Å²) in [6.45, 7) is 0. The molecule has 0 fully saturated rings. The molecule has 0 radical (unpaired) electrons. The van der Waals surface area contributed by atoms with Gasteiger partial charge in [-0.05, 0) is 72.6 Å². The summed E-state index contributed by atoms with van der Waals surface area (Å²) in [6.07, 6.45) is 3.53. The lowest BCUT2D eigenvalue weighted by Crippen LogP contribution is -1.91. The lowest BCUT2D eigenvalue weighted by molar-refractivity contribution is 1.32. The Morgan fingerprint density at radius 1 is 0.727 bits per heavy atom. The van der Waals surface area contributed by atoms with Crippen LogP contribution >= 0.6 is 11.9 Å². The van der Waals surface area contributed by atoms with Gasteiger partial charge in [0.15, 0.2) is 0 Å². The molecule has 0 saturated heterocycles. The largest absolute Gasteiger partial charge is 0.399 e. The zero-order valence-corrected chi connectivity index (χ0v) is 12.7. The molecule has 0 amide bonds. The topological polar surface area (TPSA) is 63.0 Å². The maximum absolute atomic E-state index is 5.67. The predicted molar refractivity (Wildman–Crippen MR) is 94.3 cm³/mol. The quantitative estimate of drug-likeness (QED) is 0.477. The third-order valence-corrected chi connectivity index (χ3v) is 3.87. The van der Waals surface area contributed by atoms with E-state index in [1.165, 1.54) is 0 Å². The van der Waals surface area contributed by atoms with Crippen LogP contribution in [0.1, 0.15) is 0 Å². The average molecular weight is 308 g/mol. The van der Waals surface area contributed by atoms with E-state index in [1.807, 2.05) is 60.7 Å². The number of nitrogens with zero attached hydrogens (tertiary/aromatic N) is 1. The number of nitrogen functional groups attached to an aromatic ring is 1. The molecule has 0 aliphatic heterocycles. The number of nitrogens with two attached hydrogens (primary N) is 1. The Labute approximate surface area is 133 Å². The number of pyridine rings is 1. The standard InChI is InChI=1S/C17H16N4S/c18-13-1-7-17(8-2-13)22-21-16-5-3-14(4-6-16)20-15-9-11-19-12-10-15/h1-12,21H,18H2,(H,19,20). The van der Waals surface area contributed by atoms with E-state index in [0.717, 1.165) is 27.6 Å². The van der Waals surface area contributed by atoms with Gasteiger partial charge in [0.05, 0.1) is 0 Å². The van der Waals surface area contributed by atoms with E-state index in [1.54, 1.807) is 24.3 Å². The molecule has 5 heteroatoms. The summed E-state index contributed by atoms with van der Waals surface area (Å²) in [5, 5.41) is 3.32. The van der Waals surface area contributed by atoms with Gasteiger partial charge >= 0.3 is 0 Å². The van der Waals surface area contributed by atoms with Crippen molar-refractivity contribution in [2.45, 2.75) is 4.90 Å². The number of hydrogen-bond donors (Lipinski definition) is 3. The van der Waals surface area contributed by atoms with E-state index in [4.69, 9.17) is 5.73 Å². The van der Waals surface area contributed by atoms with Crippen molar-refractivity contribution < 1.29 is 0 Å². The van der Waals surface area contributed by atoms with E-state index in [-0.39, 0.29) is 0 Å². The second-order valence-corrected chi connectivity index (χ2v) is 5.59. The first kappa shape index (κ1) is 14.3. The Morgan fingerprint density at radius 2 is 1.32 bits per heavy atom. The van der Waals surface area contributed by atoms with Crippen LogP contribution in [0.2, 0.25) is 0 Å². The van der Waals surface area contributed by atoms with Crippen molar-refractivity contribution in [1.29, 1.82) is 0 Å². The molecule has 22 heavy (non-hydrogen) atoms. The van der Waals surface area contributed by atoms with Crippen molar-refractivity contribution in [2.24, 2.45) is 0 Å². The van der Waals surface area contributed by atoms with Crippen LogP contribution in [0.5, 0.6) is 0 Å². The second kappa shape index (κ2) is 6.87. The Kier molecular flexibility index (Phi) is 4.46. The summed E-state index contributed by atoms with van der Waals surface area (Å²) in [7, 11) is 0. The highest BCUT2D eigenvalue weighted by Gasteiger charge is 1.97. The fraction of sp³-hybridized carbons (Fsp3) is 0. The average Bonchev–Trinajstić information content (AvgIpc) is 2.57. The summed E-state index contributed by atoms with van der Waals surface area (Å²) in [4.78, 5) is 5.12. The van der Waals surface area contributed by atoms with E-state index in [2.05, 4.69) is 15.0 Å². The van der Waals surface area contributed by atoms with Crippen LogP contribution in [0.25, 0.3) is 0 Å². The Balaban J connectivity index is 1.58. The molecule has 0 saturated carbocycles. The summed E-state index contributed by atoms with van der Waals surface area (Å²) >= 11 is 1.56. The third kappa shape index (κ3) is 3.93. The van der Waals surface area contributed by atoms with Gasteiger partial charge in [-0.2, -0.15) is 0 Å². The van der Waals surface area contributed by atoms with Crippen LogP contribution in [-0.2, 0) is 0 Å². The third-order valence-electron chi connectivity index (χ3n) is 3.02. The summed E-state index contributed by atoms with van der Waals surface area (Å²) < 4.78 is 3.31. The minimum atomic E-state index is 0.774. The van der Waals surface area contributed by atoms with Crippen LogP contribution in [-0.4, -0.2) is 4.98 Å². The number of aromatic nitrogens is 1. The number of rotatable bonds is 5. The smallest absolute Gasteiger partial charge is 0.0444 e. The Morgan fingerprint density at radius 3 is 2.00 bits per heavy atom. The van der Waals surface area contributed by atoms with Crippen LogP contribution in [0, 0.1) is 0 Å². The van der Waals surface area contributed by atoms with E-state index >= 15 is 0 Å². The van der Waals surface area contributed by atoms with Crippen LogP contribution in [0.15, 0.2) is 78.0 Å². The van der Waals surface area contributed by atoms with Crippen molar-refractivity contribution in [1.82, 2.24) is 4.98 Å². The van der Waals surface area contributed by atoms with Crippen LogP contribution in [0.3, 0.4) is 0 Å². The molecule has 3 aromatic rings. The lowest BCUT2D eigenvalue weighted by Gasteiger charge is -2.09. The fourth-order valence-corrected chi connectivity index (χ4v) is 2.52. The highest BCUT2D eigenvalue weighted by Crippen LogP contribution is 2.24. The Bertz CT molecular complexity index is 712. The molecular formula is C17H16N4S. The SMILES string of the molecule is Nc1ccc(SNc2ccc(Nc3ccncc3)cc2)cc1. The van der Waals surface area contributed by atoms with E-state index in [9.17, 15) is 0 Å². The lowest BCUT2D eigenvalue weighted by atomic mass is 10.3. The first-order chi connectivity index (χ1) is 10.8. The fourth-order valence-electron chi connectivity index (χ4n) is 1.88. The monoisotopic (exact) mass is 308 g/mol. The molecule has 4 N–H and O–H groups in total. The highest BCUT2D eigenvalue weighted by molar-refractivity contribution is 8.00. The van der Waals surface area contributed by atoms with Crippen molar-refractivity contribution in [3.63, 3.8) is 0 Å². The number of hydrogen-bond acceptors (Lipinski definition) is 5. The summed E-state index contributed by atoms with van der Waals surface area (Å²) in [5.41, 5.74) is 9.55. The van der Waals surface area contributed by atoms with Crippen molar-refractivity contribution >= 4 is 34.7 Å². The van der Waals surface area contributed by atoms with Crippen LogP contribution < -0.4 is 15.8 Å². The van der Waals surface area contributed by atoms with E-state index < -0.39 is 0 Å². The van der Waals surface area contributed by atoms with Crippen molar-refractivity contribution in [3.05, 3.63) is 73.1 Å². The van der Waals surface area contributed by atoms with Gasteiger partial charge in [-0.25, -0.2) is 0 Å². The van der Waals surface area contributed by atoms with Gasteiger partial charge in [0, 0.05) is 40.0 Å². The minimum absolute atomic E-state index is 0.774. The van der Waals surface area contributed by atoms with Gasteiger partial charge in [-0.1, -0.05) is 0 Å². The van der Waals surface area contributed by atoms with Gasteiger partial charge in [0.1, 0.15) is 0 Å². The molecule has 3 rings (SSSR count).